The minimum atomic E-state index is -1.05. The number of nitrogens with zero attached hydrogens (tertiary/aromatic N) is 5. The number of hydrogen-bond donors (Lipinski definition) is 3. The molecule has 2 aliphatic rings. The molecule has 3 amide bonds. The van der Waals surface area contributed by atoms with Gasteiger partial charge in [0, 0.05) is 25.2 Å². The fourth-order valence-corrected chi connectivity index (χ4v) is 4.57. The highest BCUT2D eigenvalue weighted by Gasteiger charge is 2.42. The first-order valence-corrected chi connectivity index (χ1v) is 11.8. The molecule has 2 aromatic rings. The van der Waals surface area contributed by atoms with Crippen LogP contribution in [0.3, 0.4) is 0 Å². The molecule has 0 atom stereocenters. The van der Waals surface area contributed by atoms with Crippen LogP contribution in [0, 0.1) is 13.8 Å². The Balaban J connectivity index is 1.46. The molecular formula is C22H32N8O4. The monoisotopic (exact) mass is 472 g/mol. The van der Waals surface area contributed by atoms with E-state index in [9.17, 15) is 14.4 Å². The number of rotatable bonds is 5. The SMILES string of the molecule is CCOC(=O)N1CCC(NC(=O)C2(NC(=O)c3nnc4cc(C)nn4c3C)CCNCC2)CC1. The van der Waals surface area contributed by atoms with E-state index in [1.807, 2.05) is 6.92 Å². The number of carbonyl (C=O) groups excluding carboxylic acids is 3. The number of carbonyl (C=O) groups is 3. The van der Waals surface area contributed by atoms with Gasteiger partial charge in [0.15, 0.2) is 11.3 Å². The lowest BCUT2D eigenvalue weighted by atomic mass is 9.86. The van der Waals surface area contributed by atoms with E-state index in [4.69, 9.17) is 4.74 Å². The van der Waals surface area contributed by atoms with Crippen LogP contribution >= 0.6 is 0 Å². The summed E-state index contributed by atoms with van der Waals surface area (Å²) in [5.74, 6) is -0.659. The van der Waals surface area contributed by atoms with Gasteiger partial charge in [0.2, 0.25) is 5.91 Å². The van der Waals surface area contributed by atoms with Gasteiger partial charge in [-0.05, 0) is 59.5 Å². The van der Waals surface area contributed by atoms with E-state index in [2.05, 4.69) is 31.2 Å². The maximum Gasteiger partial charge on any atom is 0.409 e. The lowest BCUT2D eigenvalue weighted by Gasteiger charge is -2.39. The summed E-state index contributed by atoms with van der Waals surface area (Å²) < 4.78 is 6.65. The van der Waals surface area contributed by atoms with Gasteiger partial charge in [0.05, 0.1) is 18.0 Å². The second kappa shape index (κ2) is 9.92. The summed E-state index contributed by atoms with van der Waals surface area (Å²) in [6.07, 6.45) is 1.86. The van der Waals surface area contributed by atoms with Crippen molar-refractivity contribution in [2.24, 2.45) is 0 Å². The second-order valence-electron chi connectivity index (χ2n) is 8.91. The summed E-state index contributed by atoms with van der Waals surface area (Å²) in [6.45, 7) is 7.97. The number of aromatic nitrogens is 4. The van der Waals surface area contributed by atoms with Crippen LogP contribution < -0.4 is 16.0 Å². The highest BCUT2D eigenvalue weighted by atomic mass is 16.6. The molecular weight excluding hydrogens is 440 g/mol. The van der Waals surface area contributed by atoms with Gasteiger partial charge in [-0.1, -0.05) is 0 Å². The van der Waals surface area contributed by atoms with E-state index >= 15 is 0 Å². The first kappa shape index (κ1) is 23.9. The summed E-state index contributed by atoms with van der Waals surface area (Å²) >= 11 is 0. The Morgan fingerprint density at radius 2 is 1.88 bits per heavy atom. The maximum absolute atomic E-state index is 13.5. The Bertz CT molecular complexity index is 1070. The number of amides is 3. The minimum absolute atomic E-state index is 0.0771. The molecule has 2 saturated heterocycles. The normalized spacial score (nSPS) is 18.5. The van der Waals surface area contributed by atoms with E-state index in [0.29, 0.717) is 69.8 Å². The summed E-state index contributed by atoms with van der Waals surface area (Å²) in [5.41, 5.74) is 0.993. The van der Waals surface area contributed by atoms with Gasteiger partial charge in [-0.2, -0.15) is 5.10 Å². The van der Waals surface area contributed by atoms with Crippen molar-refractivity contribution in [1.82, 2.24) is 40.7 Å². The summed E-state index contributed by atoms with van der Waals surface area (Å²) in [5, 5.41) is 21.9. The quantitative estimate of drug-likeness (QED) is 0.565. The van der Waals surface area contributed by atoms with Gasteiger partial charge in [-0.25, -0.2) is 9.31 Å². The number of piperidine rings is 2. The second-order valence-corrected chi connectivity index (χ2v) is 8.91. The van der Waals surface area contributed by atoms with Gasteiger partial charge >= 0.3 is 6.09 Å². The number of nitrogens with one attached hydrogen (secondary N) is 3. The third kappa shape index (κ3) is 4.81. The van der Waals surface area contributed by atoms with E-state index < -0.39 is 11.4 Å². The number of hydrogen-bond acceptors (Lipinski definition) is 8. The molecule has 4 rings (SSSR count). The Morgan fingerprint density at radius 3 is 2.56 bits per heavy atom. The molecule has 2 fully saturated rings. The number of ether oxygens (including phenoxy) is 1. The van der Waals surface area contributed by atoms with Gasteiger partial charge < -0.3 is 25.6 Å². The van der Waals surface area contributed by atoms with Crippen molar-refractivity contribution >= 4 is 23.6 Å². The maximum atomic E-state index is 13.5. The molecule has 0 aromatic carbocycles. The largest absolute Gasteiger partial charge is 0.450 e. The van der Waals surface area contributed by atoms with Crippen LogP contribution in [0.15, 0.2) is 6.07 Å². The standard InChI is InChI=1S/C22H32N8O4/c1-4-34-21(33)29-11-5-16(6-12-29)24-20(32)22(7-9-23-10-8-22)25-19(31)18-15(3)30-17(26-27-18)13-14(2)28-30/h13,16,23H,4-12H2,1-3H3,(H,24,32)(H,25,31). The van der Waals surface area contributed by atoms with Crippen molar-refractivity contribution in [3.8, 4) is 0 Å². The minimum Gasteiger partial charge on any atom is -0.450 e. The molecule has 12 nitrogen and oxygen atoms in total. The zero-order valence-electron chi connectivity index (χ0n) is 19.9. The van der Waals surface area contributed by atoms with E-state index in [1.54, 1.807) is 29.3 Å². The average Bonchev–Trinajstić information content (AvgIpc) is 3.21. The lowest BCUT2D eigenvalue weighted by molar-refractivity contribution is -0.129. The number of fused-ring (bicyclic) bond motifs is 1. The molecule has 0 saturated carbocycles. The summed E-state index contributed by atoms with van der Waals surface area (Å²) in [7, 11) is 0. The van der Waals surface area contributed by atoms with Crippen molar-refractivity contribution in [1.29, 1.82) is 0 Å². The van der Waals surface area contributed by atoms with Crippen LogP contribution in [0.2, 0.25) is 0 Å². The first-order chi connectivity index (χ1) is 16.3. The summed E-state index contributed by atoms with van der Waals surface area (Å²) in [4.78, 5) is 40.3. The van der Waals surface area contributed by atoms with Crippen LogP contribution in [0.5, 0.6) is 0 Å². The molecule has 34 heavy (non-hydrogen) atoms. The molecule has 2 aliphatic heterocycles. The molecule has 0 unspecified atom stereocenters. The molecule has 2 aromatic heterocycles. The molecule has 0 spiro atoms. The van der Waals surface area contributed by atoms with Gasteiger partial charge in [-0.15, -0.1) is 10.2 Å². The predicted molar refractivity (Wildman–Crippen MR) is 122 cm³/mol. The molecule has 3 N–H and O–H groups in total. The fraction of sp³-hybridized carbons (Fsp3) is 0.636. The van der Waals surface area contributed by atoms with E-state index in [0.717, 1.165) is 5.69 Å². The number of likely N-dealkylation sites (tertiary alicyclic amines) is 1. The van der Waals surface area contributed by atoms with Crippen molar-refractivity contribution in [2.45, 2.75) is 58.0 Å². The predicted octanol–water partition coefficient (Wildman–Crippen LogP) is 0.330. The van der Waals surface area contributed by atoms with Crippen LogP contribution in [0.25, 0.3) is 5.65 Å². The average molecular weight is 473 g/mol. The van der Waals surface area contributed by atoms with Crippen molar-refractivity contribution in [3.05, 3.63) is 23.1 Å². The van der Waals surface area contributed by atoms with Crippen LogP contribution in [-0.2, 0) is 9.53 Å². The topological polar surface area (TPSA) is 143 Å². The third-order valence-electron chi connectivity index (χ3n) is 6.54. The molecule has 0 bridgehead atoms. The van der Waals surface area contributed by atoms with Gasteiger partial charge in [-0.3, -0.25) is 9.59 Å². The highest BCUT2D eigenvalue weighted by molar-refractivity contribution is 5.98. The molecule has 0 radical (unpaired) electrons. The Morgan fingerprint density at radius 1 is 1.18 bits per heavy atom. The molecule has 0 aliphatic carbocycles. The zero-order chi connectivity index (χ0) is 24.3. The fourth-order valence-electron chi connectivity index (χ4n) is 4.57. The third-order valence-corrected chi connectivity index (χ3v) is 6.54. The molecule has 12 heteroatoms. The molecule has 4 heterocycles. The van der Waals surface area contributed by atoms with E-state index in [-0.39, 0.29) is 23.7 Å². The van der Waals surface area contributed by atoms with Crippen LogP contribution in [0.1, 0.15) is 54.5 Å². The summed E-state index contributed by atoms with van der Waals surface area (Å²) in [6, 6.07) is 1.71. The van der Waals surface area contributed by atoms with Crippen molar-refractivity contribution in [2.75, 3.05) is 32.8 Å². The smallest absolute Gasteiger partial charge is 0.409 e. The van der Waals surface area contributed by atoms with Crippen LogP contribution in [-0.4, -0.2) is 87.0 Å². The highest BCUT2D eigenvalue weighted by Crippen LogP contribution is 2.22. The molecule has 184 valence electrons. The first-order valence-electron chi connectivity index (χ1n) is 11.8. The Hall–Kier alpha value is -3.28. The van der Waals surface area contributed by atoms with Gasteiger partial charge in [0.25, 0.3) is 5.91 Å². The lowest BCUT2D eigenvalue weighted by Crippen LogP contribution is -2.64. The van der Waals surface area contributed by atoms with Crippen LogP contribution in [0.4, 0.5) is 4.79 Å². The van der Waals surface area contributed by atoms with Gasteiger partial charge in [0.1, 0.15) is 5.54 Å². The Kier molecular flexibility index (Phi) is 6.96. The van der Waals surface area contributed by atoms with Crippen molar-refractivity contribution < 1.29 is 19.1 Å². The Labute approximate surface area is 197 Å². The van der Waals surface area contributed by atoms with Crippen molar-refractivity contribution in [3.63, 3.8) is 0 Å². The zero-order valence-corrected chi connectivity index (χ0v) is 19.9. The van der Waals surface area contributed by atoms with E-state index in [1.165, 1.54) is 0 Å². The number of aryl methyl sites for hydroxylation is 2.